The molecule has 3 rings (SSSR count). The molecule has 0 aliphatic rings. The summed E-state index contributed by atoms with van der Waals surface area (Å²) in [5.74, 6) is 2.71. The van der Waals surface area contributed by atoms with E-state index in [9.17, 15) is 0 Å². The summed E-state index contributed by atoms with van der Waals surface area (Å²) in [7, 11) is 0. The summed E-state index contributed by atoms with van der Waals surface area (Å²) in [5.41, 5.74) is 12.8. The number of ether oxygens (including phenoxy) is 2. The van der Waals surface area contributed by atoms with Crippen LogP contribution in [0.1, 0.15) is 0 Å². The molecule has 0 atom stereocenters. The Morgan fingerprint density at radius 2 is 0.864 bits per heavy atom. The predicted molar refractivity (Wildman–Crippen MR) is 88.3 cm³/mol. The first-order valence-corrected chi connectivity index (χ1v) is 6.86. The SMILES string of the molecule is [15NH2]c1cccc(Oc2cccc(Oc3cccc([15NH2])c3)c2)c1. The van der Waals surface area contributed by atoms with E-state index in [0.717, 1.165) is 0 Å². The van der Waals surface area contributed by atoms with E-state index in [1.165, 1.54) is 0 Å². The Hall–Kier alpha value is -3.14. The molecule has 4 N–H and O–H groups in total. The molecule has 0 saturated heterocycles. The molecule has 0 radical (unpaired) electrons. The van der Waals surface area contributed by atoms with Crippen LogP contribution < -0.4 is 20.9 Å². The van der Waals surface area contributed by atoms with Crippen LogP contribution in [-0.2, 0) is 0 Å². The molecule has 3 aromatic rings. The minimum atomic E-state index is 0.657. The van der Waals surface area contributed by atoms with E-state index in [1.807, 2.05) is 60.7 Å². The molecule has 0 aromatic heterocycles. The molecule has 0 spiro atoms. The highest BCUT2D eigenvalue weighted by Crippen LogP contribution is 2.29. The van der Waals surface area contributed by atoms with E-state index in [2.05, 4.69) is 0 Å². The maximum atomic E-state index is 5.78. The van der Waals surface area contributed by atoms with E-state index >= 15 is 0 Å². The van der Waals surface area contributed by atoms with Gasteiger partial charge in [0.05, 0.1) is 0 Å². The average molecular weight is 294 g/mol. The highest BCUT2D eigenvalue weighted by Gasteiger charge is 2.02. The van der Waals surface area contributed by atoms with E-state index in [-0.39, 0.29) is 0 Å². The van der Waals surface area contributed by atoms with E-state index in [4.69, 9.17) is 20.9 Å². The van der Waals surface area contributed by atoms with Crippen LogP contribution in [-0.4, -0.2) is 0 Å². The minimum Gasteiger partial charge on any atom is -0.457 e. The van der Waals surface area contributed by atoms with Gasteiger partial charge >= 0.3 is 0 Å². The second-order valence-electron chi connectivity index (χ2n) is 4.82. The summed E-state index contributed by atoms with van der Waals surface area (Å²) in [4.78, 5) is 0. The van der Waals surface area contributed by atoms with Crippen LogP contribution in [0.4, 0.5) is 11.4 Å². The molecular formula is C18H16N2O2. The van der Waals surface area contributed by atoms with Crippen molar-refractivity contribution in [2.75, 3.05) is 11.5 Å². The van der Waals surface area contributed by atoms with Crippen LogP contribution in [0.5, 0.6) is 23.0 Å². The monoisotopic (exact) mass is 294 g/mol. The molecule has 4 nitrogen and oxygen atoms in total. The molecule has 0 aliphatic heterocycles. The van der Waals surface area contributed by atoms with E-state index in [0.29, 0.717) is 34.4 Å². The Kier molecular flexibility index (Phi) is 3.83. The van der Waals surface area contributed by atoms with Crippen molar-refractivity contribution in [3.05, 3.63) is 72.8 Å². The molecule has 0 amide bonds. The molecule has 0 unspecified atom stereocenters. The quantitative estimate of drug-likeness (QED) is 0.551. The van der Waals surface area contributed by atoms with Gasteiger partial charge in [-0.3, -0.25) is 0 Å². The fourth-order valence-corrected chi connectivity index (χ4v) is 2.03. The van der Waals surface area contributed by atoms with Crippen molar-refractivity contribution in [3.63, 3.8) is 0 Å². The van der Waals surface area contributed by atoms with E-state index < -0.39 is 0 Å². The minimum absolute atomic E-state index is 0.657. The number of anilines is 2. The van der Waals surface area contributed by atoms with Gasteiger partial charge in [-0.05, 0) is 36.4 Å². The largest absolute Gasteiger partial charge is 0.457 e. The Labute approximate surface area is 128 Å². The average Bonchev–Trinajstić information content (AvgIpc) is 2.47. The first kappa shape index (κ1) is 13.8. The summed E-state index contributed by atoms with van der Waals surface area (Å²) in [5, 5.41) is 0. The molecular weight excluding hydrogens is 278 g/mol. The third-order valence-electron chi connectivity index (χ3n) is 2.99. The molecule has 0 heterocycles. The van der Waals surface area contributed by atoms with Gasteiger partial charge in [0.15, 0.2) is 0 Å². The standard InChI is InChI=1S/C18H16N2O2/c19-13-4-1-6-15(10-13)21-17-8-3-9-18(12-17)22-16-7-2-5-14(20)11-16/h1-12H,19-20H2/i19+1,20+1. The number of nitrogens with two attached hydrogens (primary N) is 2. The summed E-state index contributed by atoms with van der Waals surface area (Å²) >= 11 is 0. The number of benzene rings is 3. The van der Waals surface area contributed by atoms with Gasteiger partial charge in [-0.1, -0.05) is 18.2 Å². The summed E-state index contributed by atoms with van der Waals surface area (Å²) in [6.07, 6.45) is 0. The molecule has 4 heteroatoms. The highest BCUT2D eigenvalue weighted by atomic mass is 16.5. The van der Waals surface area contributed by atoms with Gasteiger partial charge in [0.25, 0.3) is 0 Å². The van der Waals surface area contributed by atoms with Crippen molar-refractivity contribution in [3.8, 4) is 23.0 Å². The maximum absolute atomic E-state index is 5.78. The fraction of sp³-hybridized carbons (Fsp3) is 0. The first-order valence-electron chi connectivity index (χ1n) is 6.86. The second-order valence-corrected chi connectivity index (χ2v) is 4.82. The topological polar surface area (TPSA) is 70.5 Å². The lowest BCUT2D eigenvalue weighted by molar-refractivity contribution is 0.460. The van der Waals surface area contributed by atoms with Crippen molar-refractivity contribution in [2.45, 2.75) is 0 Å². The Bertz CT molecular complexity index is 725. The smallest absolute Gasteiger partial charge is 0.131 e. The van der Waals surface area contributed by atoms with Gasteiger partial charge in [-0.2, -0.15) is 0 Å². The Balaban J connectivity index is 1.78. The van der Waals surface area contributed by atoms with Crippen molar-refractivity contribution in [1.29, 1.82) is 0 Å². The third kappa shape index (κ3) is 3.49. The molecule has 3 aromatic carbocycles. The van der Waals surface area contributed by atoms with Crippen LogP contribution in [0.25, 0.3) is 0 Å². The summed E-state index contributed by atoms with van der Waals surface area (Å²) in [6, 6.07) is 21.9. The van der Waals surface area contributed by atoms with Gasteiger partial charge in [0.2, 0.25) is 0 Å². The van der Waals surface area contributed by atoms with Gasteiger partial charge in [-0.15, -0.1) is 0 Å². The van der Waals surface area contributed by atoms with Gasteiger partial charge in [-0.25, -0.2) is 0 Å². The van der Waals surface area contributed by atoms with E-state index in [1.54, 1.807) is 12.1 Å². The van der Waals surface area contributed by atoms with Crippen LogP contribution in [0.3, 0.4) is 0 Å². The Morgan fingerprint density at radius 3 is 1.27 bits per heavy atom. The van der Waals surface area contributed by atoms with Crippen LogP contribution in [0.15, 0.2) is 72.8 Å². The normalized spacial score (nSPS) is 10.2. The molecule has 0 saturated carbocycles. The summed E-state index contributed by atoms with van der Waals surface area (Å²) < 4.78 is 11.6. The lowest BCUT2D eigenvalue weighted by atomic mass is 10.3. The van der Waals surface area contributed by atoms with Crippen molar-refractivity contribution in [1.82, 2.24) is 0 Å². The number of hydrogen-bond donors (Lipinski definition) is 2. The van der Waals surface area contributed by atoms with Crippen molar-refractivity contribution < 1.29 is 9.47 Å². The van der Waals surface area contributed by atoms with Crippen molar-refractivity contribution >= 4 is 11.4 Å². The van der Waals surface area contributed by atoms with Crippen LogP contribution in [0.2, 0.25) is 0 Å². The van der Waals surface area contributed by atoms with Crippen LogP contribution in [0, 0.1) is 0 Å². The molecule has 0 bridgehead atoms. The zero-order valence-electron chi connectivity index (χ0n) is 11.9. The predicted octanol–water partition coefficient (Wildman–Crippen LogP) is 4.44. The van der Waals surface area contributed by atoms with Crippen LogP contribution >= 0.6 is 0 Å². The molecule has 0 fully saturated rings. The van der Waals surface area contributed by atoms with Gasteiger partial charge < -0.3 is 20.9 Å². The maximum Gasteiger partial charge on any atom is 0.131 e. The second kappa shape index (κ2) is 6.10. The zero-order valence-corrected chi connectivity index (χ0v) is 11.9. The highest BCUT2D eigenvalue weighted by molar-refractivity contribution is 5.47. The molecule has 0 aliphatic carbocycles. The Morgan fingerprint density at radius 1 is 0.500 bits per heavy atom. The first-order chi connectivity index (χ1) is 10.7. The molecule has 22 heavy (non-hydrogen) atoms. The van der Waals surface area contributed by atoms with Gasteiger partial charge in [0, 0.05) is 29.6 Å². The fourth-order valence-electron chi connectivity index (χ4n) is 2.03. The van der Waals surface area contributed by atoms with Gasteiger partial charge in [0.1, 0.15) is 23.0 Å². The van der Waals surface area contributed by atoms with Crippen molar-refractivity contribution in [2.24, 2.45) is 0 Å². The summed E-state index contributed by atoms with van der Waals surface area (Å²) in [6.45, 7) is 0. The third-order valence-corrected chi connectivity index (χ3v) is 2.99. The lowest BCUT2D eigenvalue weighted by Gasteiger charge is -2.09. The molecule has 110 valence electrons. The number of hydrogen-bond acceptors (Lipinski definition) is 4. The number of nitrogen functional groups attached to an aromatic ring is 2. The number of rotatable bonds is 4. The zero-order chi connectivity index (χ0) is 15.4. The lowest BCUT2D eigenvalue weighted by Crippen LogP contribution is -1.90.